The molecule has 2 aliphatic rings. The minimum absolute atomic E-state index is 0.0398. The molecule has 0 atom stereocenters. The highest BCUT2D eigenvalue weighted by molar-refractivity contribution is 9.10. The average Bonchev–Trinajstić information content (AvgIpc) is 3.45. The minimum Gasteiger partial charge on any atom is -0.383 e. The lowest BCUT2D eigenvalue weighted by Crippen LogP contribution is -2.34. The molecular weight excluding hydrogens is 590 g/mol. The summed E-state index contributed by atoms with van der Waals surface area (Å²) < 4.78 is 27.8. The number of fused-ring (bicyclic) bond motifs is 1. The fourth-order valence-corrected chi connectivity index (χ4v) is 7.18. The number of hydrogen-bond donors (Lipinski definition) is 1. The second-order valence-electron chi connectivity index (χ2n) is 9.54. The van der Waals surface area contributed by atoms with Crippen molar-refractivity contribution < 1.29 is 18.8 Å². The quantitative estimate of drug-likeness (QED) is 0.237. The van der Waals surface area contributed by atoms with Crippen molar-refractivity contribution in [2.75, 3.05) is 0 Å². The van der Waals surface area contributed by atoms with Crippen molar-refractivity contribution in [1.29, 1.82) is 0 Å². The standard InChI is InChI=1S/C26H22BrCl2FN2O3S/c27-14-10-19(30)23-20(11-14)36-25(31-23)26(33)8-6-15(7-9-26)34-12-16-22(32-35-24(16)13-4-5-13)21-17(28)2-1-3-18(21)29/h1-3,10-11,13,15,33H,4-9,12H2. The highest BCUT2D eigenvalue weighted by atomic mass is 79.9. The third kappa shape index (κ3) is 4.61. The van der Waals surface area contributed by atoms with Crippen LogP contribution in [0.15, 0.2) is 39.3 Å². The van der Waals surface area contributed by atoms with Crippen molar-refractivity contribution in [3.8, 4) is 11.3 Å². The van der Waals surface area contributed by atoms with Gasteiger partial charge in [0.15, 0.2) is 5.82 Å². The summed E-state index contributed by atoms with van der Waals surface area (Å²) in [5, 5.41) is 17.3. The number of aliphatic hydroxyl groups is 1. The van der Waals surface area contributed by atoms with Crippen LogP contribution in [0.3, 0.4) is 0 Å². The van der Waals surface area contributed by atoms with Crippen LogP contribution in [0, 0.1) is 5.82 Å². The lowest BCUT2D eigenvalue weighted by Gasteiger charge is -2.34. The first kappa shape index (κ1) is 24.8. The zero-order valence-corrected chi connectivity index (χ0v) is 23.0. The van der Waals surface area contributed by atoms with Gasteiger partial charge in [-0.1, -0.05) is 50.4 Å². The third-order valence-electron chi connectivity index (χ3n) is 7.00. The predicted octanol–water partition coefficient (Wildman–Crippen LogP) is 8.38. The minimum atomic E-state index is -1.09. The lowest BCUT2D eigenvalue weighted by atomic mass is 9.83. The maximum Gasteiger partial charge on any atom is 0.151 e. The molecule has 0 radical (unpaired) electrons. The number of aromatic nitrogens is 2. The van der Waals surface area contributed by atoms with Gasteiger partial charge < -0.3 is 14.4 Å². The largest absolute Gasteiger partial charge is 0.383 e. The fourth-order valence-electron chi connectivity index (χ4n) is 4.86. The van der Waals surface area contributed by atoms with Gasteiger partial charge in [0, 0.05) is 21.5 Å². The molecule has 0 spiro atoms. The molecule has 2 saturated carbocycles. The monoisotopic (exact) mass is 610 g/mol. The van der Waals surface area contributed by atoms with Crippen molar-refractivity contribution in [1.82, 2.24) is 10.1 Å². The van der Waals surface area contributed by atoms with Crippen LogP contribution in [0.2, 0.25) is 10.0 Å². The topological polar surface area (TPSA) is 68.4 Å². The van der Waals surface area contributed by atoms with Crippen LogP contribution in [0.5, 0.6) is 0 Å². The lowest BCUT2D eigenvalue weighted by molar-refractivity contribution is -0.0641. The van der Waals surface area contributed by atoms with E-state index >= 15 is 0 Å². The van der Waals surface area contributed by atoms with E-state index in [9.17, 15) is 9.50 Å². The smallest absolute Gasteiger partial charge is 0.151 e. The van der Waals surface area contributed by atoms with Crippen LogP contribution in [0.1, 0.15) is 60.8 Å². The summed E-state index contributed by atoms with van der Waals surface area (Å²) in [5.74, 6) is 0.801. The van der Waals surface area contributed by atoms with Gasteiger partial charge in [0.2, 0.25) is 0 Å². The first-order valence-electron chi connectivity index (χ1n) is 11.9. The molecule has 2 aliphatic carbocycles. The summed E-state index contributed by atoms with van der Waals surface area (Å²) in [5.41, 5.74) is 1.39. The maximum absolute atomic E-state index is 14.3. The SMILES string of the molecule is OC1(c2nc3c(F)cc(Br)cc3s2)CCC(OCc2c(-c3c(Cl)cccc3Cl)noc2C2CC2)CC1. The number of benzene rings is 2. The van der Waals surface area contributed by atoms with Gasteiger partial charge in [-0.3, -0.25) is 0 Å². The van der Waals surface area contributed by atoms with Crippen molar-refractivity contribution >= 4 is 60.7 Å². The van der Waals surface area contributed by atoms with Crippen molar-refractivity contribution in [3.63, 3.8) is 0 Å². The molecule has 2 fully saturated rings. The Bertz CT molecular complexity index is 1430. The van der Waals surface area contributed by atoms with Crippen LogP contribution in [-0.2, 0) is 16.9 Å². The predicted molar refractivity (Wildman–Crippen MR) is 142 cm³/mol. The van der Waals surface area contributed by atoms with Gasteiger partial charge in [-0.15, -0.1) is 11.3 Å². The number of rotatable bonds is 6. The van der Waals surface area contributed by atoms with E-state index in [0.717, 1.165) is 28.9 Å². The molecule has 36 heavy (non-hydrogen) atoms. The third-order valence-corrected chi connectivity index (χ3v) is 9.28. The van der Waals surface area contributed by atoms with Gasteiger partial charge in [0.1, 0.15) is 27.6 Å². The molecule has 2 heterocycles. The number of halogens is 4. The molecule has 2 aromatic heterocycles. The Morgan fingerprint density at radius 3 is 2.58 bits per heavy atom. The Morgan fingerprint density at radius 1 is 1.17 bits per heavy atom. The van der Waals surface area contributed by atoms with E-state index in [-0.39, 0.29) is 6.10 Å². The summed E-state index contributed by atoms with van der Waals surface area (Å²) in [6.07, 6.45) is 4.38. The number of ether oxygens (including phenoxy) is 1. The van der Waals surface area contributed by atoms with Crippen LogP contribution in [-0.4, -0.2) is 21.4 Å². The Kier molecular flexibility index (Phi) is 6.63. The zero-order chi connectivity index (χ0) is 25.0. The Labute approximate surface area is 229 Å². The molecule has 4 aromatic rings. The summed E-state index contributed by atoms with van der Waals surface area (Å²) in [6.45, 7) is 0.329. The molecule has 10 heteroatoms. The van der Waals surface area contributed by atoms with Gasteiger partial charge in [-0.2, -0.15) is 0 Å². The van der Waals surface area contributed by atoms with Crippen LogP contribution in [0.4, 0.5) is 4.39 Å². The normalized spacial score (nSPS) is 22.4. The highest BCUT2D eigenvalue weighted by Gasteiger charge is 2.39. The Balaban J connectivity index is 1.18. The summed E-state index contributed by atoms with van der Waals surface area (Å²) in [7, 11) is 0. The van der Waals surface area contributed by atoms with E-state index in [2.05, 4.69) is 26.1 Å². The van der Waals surface area contributed by atoms with E-state index in [1.165, 1.54) is 17.4 Å². The molecule has 5 nitrogen and oxygen atoms in total. The number of thiazole rings is 1. The van der Waals surface area contributed by atoms with E-state index in [1.807, 2.05) is 6.07 Å². The molecule has 188 valence electrons. The summed E-state index contributed by atoms with van der Waals surface area (Å²) >= 11 is 17.6. The average molecular weight is 612 g/mol. The second-order valence-corrected chi connectivity index (χ2v) is 12.3. The molecule has 0 aliphatic heterocycles. The van der Waals surface area contributed by atoms with E-state index in [1.54, 1.807) is 18.2 Å². The first-order valence-corrected chi connectivity index (χ1v) is 14.2. The van der Waals surface area contributed by atoms with Crippen molar-refractivity contribution in [3.05, 3.63) is 67.0 Å². The van der Waals surface area contributed by atoms with Gasteiger partial charge in [0.05, 0.1) is 27.5 Å². The molecule has 0 saturated heterocycles. The summed E-state index contributed by atoms with van der Waals surface area (Å²) in [4.78, 5) is 4.45. The molecule has 0 bridgehead atoms. The van der Waals surface area contributed by atoms with Gasteiger partial charge in [-0.05, 0) is 62.8 Å². The Morgan fingerprint density at radius 2 is 1.89 bits per heavy atom. The number of hydrogen-bond acceptors (Lipinski definition) is 6. The van der Waals surface area contributed by atoms with E-state index in [0.29, 0.717) is 74.5 Å². The molecule has 0 amide bonds. The van der Waals surface area contributed by atoms with Crippen LogP contribution >= 0.6 is 50.5 Å². The van der Waals surface area contributed by atoms with E-state index < -0.39 is 11.4 Å². The molecule has 1 N–H and O–H groups in total. The fraction of sp³-hybridized carbons (Fsp3) is 0.385. The van der Waals surface area contributed by atoms with Crippen LogP contribution < -0.4 is 0 Å². The first-order chi connectivity index (χ1) is 17.3. The summed E-state index contributed by atoms with van der Waals surface area (Å²) in [6, 6.07) is 8.59. The van der Waals surface area contributed by atoms with Gasteiger partial charge >= 0.3 is 0 Å². The van der Waals surface area contributed by atoms with E-state index in [4.69, 9.17) is 32.5 Å². The highest BCUT2D eigenvalue weighted by Crippen LogP contribution is 2.47. The maximum atomic E-state index is 14.3. The molecular formula is C26H22BrCl2FN2O3S. The zero-order valence-electron chi connectivity index (χ0n) is 19.1. The van der Waals surface area contributed by atoms with Gasteiger partial charge in [0.25, 0.3) is 0 Å². The second kappa shape index (κ2) is 9.64. The molecule has 0 unspecified atom stereocenters. The van der Waals surface area contributed by atoms with Gasteiger partial charge in [-0.25, -0.2) is 9.37 Å². The molecule has 2 aromatic carbocycles. The van der Waals surface area contributed by atoms with Crippen LogP contribution in [0.25, 0.3) is 21.5 Å². The Hall–Kier alpha value is -1.55. The number of nitrogens with zero attached hydrogens (tertiary/aromatic N) is 2. The molecule has 6 rings (SSSR count). The van der Waals surface area contributed by atoms with Crippen molar-refractivity contribution in [2.45, 2.75) is 62.8 Å². The van der Waals surface area contributed by atoms with Crippen molar-refractivity contribution in [2.24, 2.45) is 0 Å².